The van der Waals surface area contributed by atoms with Crippen molar-refractivity contribution in [2.24, 2.45) is 5.92 Å². The average molecular weight is 531 g/mol. The second-order valence-corrected chi connectivity index (χ2v) is 13.4. The van der Waals surface area contributed by atoms with E-state index in [1.54, 1.807) is 0 Å². The molecule has 9 heteroatoms. The van der Waals surface area contributed by atoms with Crippen molar-refractivity contribution in [1.82, 2.24) is 19.7 Å². The van der Waals surface area contributed by atoms with Crippen molar-refractivity contribution in [2.45, 2.75) is 51.6 Å². The van der Waals surface area contributed by atoms with Gasteiger partial charge in [-0.15, -0.1) is 0 Å². The van der Waals surface area contributed by atoms with E-state index in [1.807, 2.05) is 35.4 Å². The van der Waals surface area contributed by atoms with Gasteiger partial charge in [0.1, 0.15) is 15.7 Å². The number of fused-ring (bicyclic) bond motifs is 1. The number of nitrogens with zero attached hydrogens (tertiary/aromatic N) is 5. The zero-order valence-electron chi connectivity index (χ0n) is 22.3. The van der Waals surface area contributed by atoms with Gasteiger partial charge in [-0.3, -0.25) is 9.67 Å². The van der Waals surface area contributed by atoms with E-state index in [0.29, 0.717) is 12.0 Å². The molecule has 0 spiro atoms. The van der Waals surface area contributed by atoms with Gasteiger partial charge >= 0.3 is 0 Å². The highest BCUT2D eigenvalue weighted by atomic mass is 32.2. The van der Waals surface area contributed by atoms with Crippen LogP contribution in [-0.2, 0) is 9.84 Å². The molecule has 3 aromatic heterocycles. The van der Waals surface area contributed by atoms with Crippen LogP contribution in [0.2, 0.25) is 0 Å². The predicted octanol–water partition coefficient (Wildman–Crippen LogP) is 5.56. The molecule has 2 atom stereocenters. The molecule has 2 aliphatic rings. The van der Waals surface area contributed by atoms with Crippen molar-refractivity contribution in [1.29, 1.82) is 0 Å². The molecule has 2 fully saturated rings. The second kappa shape index (κ2) is 9.38. The Morgan fingerprint density at radius 2 is 1.89 bits per heavy atom. The van der Waals surface area contributed by atoms with Crippen LogP contribution in [0.25, 0.3) is 22.0 Å². The number of sulfone groups is 1. The van der Waals surface area contributed by atoms with Crippen molar-refractivity contribution in [3.8, 4) is 11.3 Å². The molecule has 1 saturated carbocycles. The standard InChI is InChI=1S/C29H34N6O2S/c1-18(2)24-7-8-28(34-15-21(19(34)3)17-38(4,36)37)26-14-31-29(12-25(24)26)33-22-9-10-30-27(11-22)20-13-32-35(16-20)23-5-6-23/h7-14,16,18-19,21,23H,5-6,15,17H2,1-4H3,(H,30,31,33)/t19-,21-/m1/s1. The lowest BCUT2D eigenvalue weighted by atomic mass is 9.88. The number of pyridine rings is 2. The Morgan fingerprint density at radius 1 is 1.08 bits per heavy atom. The van der Waals surface area contributed by atoms with Crippen LogP contribution in [0.5, 0.6) is 0 Å². The first-order valence-corrected chi connectivity index (χ1v) is 15.4. The minimum atomic E-state index is -3.00. The summed E-state index contributed by atoms with van der Waals surface area (Å²) in [4.78, 5) is 11.6. The molecule has 1 aromatic carbocycles. The summed E-state index contributed by atoms with van der Waals surface area (Å²) in [6.07, 6.45) is 11.4. The molecular formula is C29H34N6O2S. The van der Waals surface area contributed by atoms with Crippen molar-refractivity contribution < 1.29 is 8.42 Å². The SMILES string of the molecule is CC(C)c1ccc(N2C[C@H](CS(C)(=O)=O)[C@H]2C)c2cnc(Nc3ccnc(-c4cnn(C5CC5)c4)c3)cc12. The summed E-state index contributed by atoms with van der Waals surface area (Å²) >= 11 is 0. The van der Waals surface area contributed by atoms with E-state index in [-0.39, 0.29) is 17.7 Å². The molecule has 1 saturated heterocycles. The molecule has 8 nitrogen and oxygen atoms in total. The number of rotatable bonds is 8. The maximum atomic E-state index is 11.8. The van der Waals surface area contributed by atoms with Gasteiger partial charge in [-0.1, -0.05) is 19.9 Å². The Labute approximate surface area is 224 Å². The first kappa shape index (κ1) is 24.9. The van der Waals surface area contributed by atoms with E-state index in [1.165, 1.54) is 24.7 Å². The van der Waals surface area contributed by atoms with Gasteiger partial charge in [0.15, 0.2) is 0 Å². The van der Waals surface area contributed by atoms with Crippen molar-refractivity contribution in [2.75, 3.05) is 28.8 Å². The monoisotopic (exact) mass is 530 g/mol. The molecule has 1 aliphatic heterocycles. The van der Waals surface area contributed by atoms with E-state index in [0.717, 1.165) is 45.8 Å². The molecule has 0 unspecified atom stereocenters. The summed E-state index contributed by atoms with van der Waals surface area (Å²) in [5, 5.41) is 10.2. The van der Waals surface area contributed by atoms with E-state index in [9.17, 15) is 8.42 Å². The van der Waals surface area contributed by atoms with Gasteiger partial charge in [-0.05, 0) is 60.9 Å². The minimum Gasteiger partial charge on any atom is -0.368 e. The first-order valence-electron chi connectivity index (χ1n) is 13.3. The summed E-state index contributed by atoms with van der Waals surface area (Å²) < 4.78 is 25.7. The average Bonchev–Trinajstić information content (AvgIpc) is 3.61. The fraction of sp³-hybridized carbons (Fsp3) is 0.414. The normalized spacial score (nSPS) is 19.7. The second-order valence-electron chi connectivity index (χ2n) is 11.2. The molecule has 1 aliphatic carbocycles. The molecule has 4 heterocycles. The zero-order valence-corrected chi connectivity index (χ0v) is 23.1. The van der Waals surface area contributed by atoms with Gasteiger partial charge in [0.05, 0.1) is 23.7 Å². The number of benzene rings is 1. The summed E-state index contributed by atoms with van der Waals surface area (Å²) in [6, 6.07) is 11.2. The van der Waals surface area contributed by atoms with Crippen molar-refractivity contribution in [3.05, 3.63) is 60.7 Å². The van der Waals surface area contributed by atoms with Crippen LogP contribution in [0.3, 0.4) is 0 Å². The number of anilines is 3. The highest BCUT2D eigenvalue weighted by molar-refractivity contribution is 7.90. The third-order valence-corrected chi connectivity index (χ3v) is 8.85. The number of aromatic nitrogens is 4. The third-order valence-electron chi connectivity index (χ3n) is 7.82. The Bertz CT molecular complexity index is 1610. The molecule has 0 amide bonds. The lowest BCUT2D eigenvalue weighted by Gasteiger charge is -2.48. The number of hydrogen-bond donors (Lipinski definition) is 1. The van der Waals surface area contributed by atoms with Crippen LogP contribution in [0.1, 0.15) is 51.1 Å². The van der Waals surface area contributed by atoms with Crippen molar-refractivity contribution >= 4 is 37.8 Å². The predicted molar refractivity (Wildman–Crippen MR) is 153 cm³/mol. The zero-order chi connectivity index (χ0) is 26.6. The Balaban J connectivity index is 1.29. The van der Waals surface area contributed by atoms with Crippen LogP contribution < -0.4 is 10.2 Å². The van der Waals surface area contributed by atoms with Crippen LogP contribution in [0, 0.1) is 5.92 Å². The number of hydrogen-bond acceptors (Lipinski definition) is 7. The molecule has 0 bridgehead atoms. The van der Waals surface area contributed by atoms with Crippen LogP contribution in [0.4, 0.5) is 17.2 Å². The van der Waals surface area contributed by atoms with Crippen LogP contribution >= 0.6 is 0 Å². The van der Waals surface area contributed by atoms with Gasteiger partial charge < -0.3 is 10.2 Å². The fourth-order valence-corrected chi connectivity index (χ4v) is 6.64. The topological polar surface area (TPSA) is 93.0 Å². The highest BCUT2D eigenvalue weighted by Gasteiger charge is 2.38. The summed E-state index contributed by atoms with van der Waals surface area (Å²) in [5.74, 6) is 1.50. The summed E-state index contributed by atoms with van der Waals surface area (Å²) in [5.41, 5.74) is 5.18. The lowest BCUT2D eigenvalue weighted by Crippen LogP contribution is -2.57. The van der Waals surface area contributed by atoms with E-state index < -0.39 is 9.84 Å². The van der Waals surface area contributed by atoms with Gasteiger partial charge in [0.25, 0.3) is 0 Å². The Kier molecular flexibility index (Phi) is 6.13. The van der Waals surface area contributed by atoms with Gasteiger partial charge in [-0.2, -0.15) is 5.10 Å². The molecule has 0 radical (unpaired) electrons. The van der Waals surface area contributed by atoms with E-state index >= 15 is 0 Å². The maximum Gasteiger partial charge on any atom is 0.147 e. The largest absolute Gasteiger partial charge is 0.368 e. The summed E-state index contributed by atoms with van der Waals surface area (Å²) in [6.45, 7) is 7.25. The minimum absolute atomic E-state index is 0.149. The van der Waals surface area contributed by atoms with Crippen molar-refractivity contribution in [3.63, 3.8) is 0 Å². The van der Waals surface area contributed by atoms with E-state index in [4.69, 9.17) is 4.98 Å². The van der Waals surface area contributed by atoms with Gasteiger partial charge in [0, 0.05) is 65.7 Å². The summed E-state index contributed by atoms with van der Waals surface area (Å²) in [7, 11) is -3.00. The van der Waals surface area contributed by atoms with Gasteiger partial charge in [-0.25, -0.2) is 13.4 Å². The maximum absolute atomic E-state index is 11.8. The molecule has 4 aromatic rings. The van der Waals surface area contributed by atoms with E-state index in [2.05, 4.69) is 65.5 Å². The number of nitrogens with one attached hydrogen (secondary N) is 1. The Morgan fingerprint density at radius 3 is 2.61 bits per heavy atom. The Hall–Kier alpha value is -3.46. The molecule has 198 valence electrons. The highest BCUT2D eigenvalue weighted by Crippen LogP contribution is 2.40. The van der Waals surface area contributed by atoms with Gasteiger partial charge in [0.2, 0.25) is 0 Å². The molecule has 1 N–H and O–H groups in total. The fourth-order valence-electron chi connectivity index (χ4n) is 5.48. The first-order chi connectivity index (χ1) is 18.2. The molecule has 38 heavy (non-hydrogen) atoms. The molecular weight excluding hydrogens is 496 g/mol. The smallest absolute Gasteiger partial charge is 0.147 e. The third kappa shape index (κ3) is 4.87. The van der Waals surface area contributed by atoms with Crippen LogP contribution in [-0.4, -0.2) is 52.8 Å². The quantitative estimate of drug-likeness (QED) is 0.319. The molecule has 6 rings (SSSR count). The lowest BCUT2D eigenvalue weighted by molar-refractivity contribution is 0.342. The van der Waals surface area contributed by atoms with Crippen LogP contribution in [0.15, 0.2) is 55.1 Å².